The molecule has 0 radical (unpaired) electrons. The number of nitrogens with zero attached hydrogens (tertiary/aromatic N) is 2. The molecule has 0 bridgehead atoms. The number of thioether (sulfide) groups is 1. The van der Waals surface area contributed by atoms with E-state index in [2.05, 4.69) is 13.5 Å². The van der Waals surface area contributed by atoms with E-state index in [4.69, 9.17) is 11.0 Å². The Labute approximate surface area is 105 Å². The summed E-state index contributed by atoms with van der Waals surface area (Å²) < 4.78 is 0. The SMILES string of the molecule is C=C1C(N)C2SCC(CCC)=C(C(=O)C#N)N12. The topological polar surface area (TPSA) is 70.1 Å². The molecule has 2 aliphatic heterocycles. The highest BCUT2D eigenvalue weighted by Crippen LogP contribution is 2.44. The van der Waals surface area contributed by atoms with Gasteiger partial charge in [-0.15, -0.1) is 11.8 Å². The third-order valence-electron chi connectivity index (χ3n) is 3.13. The van der Waals surface area contributed by atoms with E-state index in [0.717, 1.165) is 29.9 Å². The molecule has 0 saturated carbocycles. The number of Topliss-reactive ketones (excluding diaryl/α,β-unsaturated/α-hetero) is 1. The predicted molar refractivity (Wildman–Crippen MR) is 67.8 cm³/mol. The Kier molecular flexibility index (Phi) is 3.27. The molecular formula is C12H15N3OS. The third-order valence-corrected chi connectivity index (χ3v) is 4.49. The minimum absolute atomic E-state index is 0.0791. The van der Waals surface area contributed by atoms with Gasteiger partial charge in [0.15, 0.2) is 0 Å². The molecule has 0 spiro atoms. The molecule has 4 nitrogen and oxygen atoms in total. The molecule has 2 heterocycles. The normalized spacial score (nSPS) is 27.4. The zero-order chi connectivity index (χ0) is 12.6. The molecule has 17 heavy (non-hydrogen) atoms. The molecule has 2 N–H and O–H groups in total. The minimum atomic E-state index is -0.466. The first-order valence-corrected chi connectivity index (χ1v) is 6.68. The van der Waals surface area contributed by atoms with Crippen molar-refractivity contribution in [3.8, 4) is 6.07 Å². The standard InChI is InChI=1S/C12H15N3OS/c1-3-4-8-6-17-12-10(14)7(2)15(12)11(8)9(16)5-13/h10,12H,2-4,6,14H2,1H3. The zero-order valence-electron chi connectivity index (χ0n) is 9.77. The molecule has 0 amide bonds. The van der Waals surface area contributed by atoms with Crippen LogP contribution in [0, 0.1) is 11.3 Å². The van der Waals surface area contributed by atoms with Gasteiger partial charge in [0.05, 0.1) is 6.04 Å². The number of hydrogen-bond acceptors (Lipinski definition) is 5. The maximum Gasteiger partial charge on any atom is 0.278 e. The maximum atomic E-state index is 11.7. The number of allylic oxidation sites excluding steroid dienone is 1. The van der Waals surface area contributed by atoms with Crippen LogP contribution in [0.3, 0.4) is 0 Å². The first-order chi connectivity index (χ1) is 8.11. The van der Waals surface area contributed by atoms with Crippen LogP contribution in [0.15, 0.2) is 23.5 Å². The zero-order valence-corrected chi connectivity index (χ0v) is 10.6. The van der Waals surface area contributed by atoms with Gasteiger partial charge in [-0.3, -0.25) is 4.79 Å². The van der Waals surface area contributed by atoms with Gasteiger partial charge in [0.2, 0.25) is 0 Å². The summed E-state index contributed by atoms with van der Waals surface area (Å²) in [4.78, 5) is 13.6. The fourth-order valence-electron chi connectivity index (χ4n) is 2.26. The van der Waals surface area contributed by atoms with E-state index < -0.39 is 5.78 Å². The monoisotopic (exact) mass is 249 g/mol. The molecule has 0 aromatic rings. The van der Waals surface area contributed by atoms with Gasteiger partial charge in [-0.05, 0) is 12.0 Å². The second kappa shape index (κ2) is 4.55. The van der Waals surface area contributed by atoms with Crippen molar-refractivity contribution in [3.63, 3.8) is 0 Å². The van der Waals surface area contributed by atoms with Gasteiger partial charge in [0, 0.05) is 11.4 Å². The lowest BCUT2D eigenvalue weighted by Gasteiger charge is -2.52. The van der Waals surface area contributed by atoms with Crippen molar-refractivity contribution in [1.29, 1.82) is 5.26 Å². The lowest BCUT2D eigenvalue weighted by Crippen LogP contribution is -2.61. The maximum absolute atomic E-state index is 11.7. The van der Waals surface area contributed by atoms with Gasteiger partial charge in [0.25, 0.3) is 5.78 Å². The summed E-state index contributed by atoms with van der Waals surface area (Å²) in [7, 11) is 0. The molecule has 0 aromatic carbocycles. The van der Waals surface area contributed by atoms with Crippen molar-refractivity contribution >= 4 is 17.5 Å². The lowest BCUT2D eigenvalue weighted by atomic mass is 9.97. The third kappa shape index (κ3) is 1.78. The number of carbonyl (C=O) groups excluding carboxylic acids is 1. The van der Waals surface area contributed by atoms with Crippen LogP contribution in [0.1, 0.15) is 19.8 Å². The van der Waals surface area contributed by atoms with Crippen molar-refractivity contribution in [2.45, 2.75) is 31.2 Å². The summed E-state index contributed by atoms with van der Waals surface area (Å²) in [6.45, 7) is 5.94. The molecular weight excluding hydrogens is 234 g/mol. The fraction of sp³-hybridized carbons (Fsp3) is 0.500. The van der Waals surface area contributed by atoms with Crippen molar-refractivity contribution in [2.75, 3.05) is 5.75 Å². The van der Waals surface area contributed by atoms with E-state index in [9.17, 15) is 4.79 Å². The minimum Gasteiger partial charge on any atom is -0.326 e. The Hall–Kier alpha value is -1.25. The Morgan fingerprint density at radius 2 is 2.47 bits per heavy atom. The summed E-state index contributed by atoms with van der Waals surface area (Å²) >= 11 is 1.73. The van der Waals surface area contributed by atoms with E-state index in [1.807, 2.05) is 4.90 Å². The van der Waals surface area contributed by atoms with E-state index >= 15 is 0 Å². The number of nitrogens with two attached hydrogens (primary N) is 1. The van der Waals surface area contributed by atoms with Crippen molar-refractivity contribution in [1.82, 2.24) is 4.90 Å². The number of hydrogen-bond donors (Lipinski definition) is 1. The van der Waals surface area contributed by atoms with Crippen LogP contribution < -0.4 is 5.73 Å². The van der Waals surface area contributed by atoms with Gasteiger partial charge in [-0.25, -0.2) is 0 Å². The second-order valence-corrected chi connectivity index (χ2v) is 5.34. The van der Waals surface area contributed by atoms with Crippen LogP contribution in [0.2, 0.25) is 0 Å². The summed E-state index contributed by atoms with van der Waals surface area (Å²) in [6.07, 6.45) is 1.82. The highest BCUT2D eigenvalue weighted by Gasteiger charge is 2.47. The van der Waals surface area contributed by atoms with Crippen LogP contribution >= 0.6 is 11.8 Å². The van der Waals surface area contributed by atoms with E-state index in [1.165, 1.54) is 0 Å². The highest BCUT2D eigenvalue weighted by atomic mass is 32.2. The van der Waals surface area contributed by atoms with Crippen LogP contribution in [-0.2, 0) is 4.79 Å². The second-order valence-electron chi connectivity index (χ2n) is 4.23. The largest absolute Gasteiger partial charge is 0.326 e. The molecule has 2 atom stereocenters. The summed E-state index contributed by atoms with van der Waals surface area (Å²) in [6, 6.07) is 1.62. The van der Waals surface area contributed by atoms with Crippen LogP contribution in [0.25, 0.3) is 0 Å². The fourth-order valence-corrected chi connectivity index (χ4v) is 3.66. The predicted octanol–water partition coefficient (Wildman–Crippen LogP) is 1.36. The summed E-state index contributed by atoms with van der Waals surface area (Å²) in [5.41, 5.74) is 8.25. The molecule has 0 aliphatic carbocycles. The van der Waals surface area contributed by atoms with Crippen molar-refractivity contribution < 1.29 is 4.79 Å². The number of carbonyl (C=O) groups is 1. The molecule has 1 fully saturated rings. The molecule has 5 heteroatoms. The Bertz CT molecular complexity index is 449. The highest BCUT2D eigenvalue weighted by molar-refractivity contribution is 8.00. The van der Waals surface area contributed by atoms with Gasteiger partial charge in [-0.1, -0.05) is 19.9 Å². The Morgan fingerprint density at radius 3 is 3.06 bits per heavy atom. The van der Waals surface area contributed by atoms with Crippen molar-refractivity contribution in [2.24, 2.45) is 5.73 Å². The number of ketones is 1. The molecule has 2 unspecified atom stereocenters. The average Bonchev–Trinajstić information content (AvgIpc) is 2.36. The number of nitriles is 1. The lowest BCUT2D eigenvalue weighted by molar-refractivity contribution is -0.112. The van der Waals surface area contributed by atoms with Gasteiger partial charge in [0.1, 0.15) is 17.1 Å². The number of fused-ring (bicyclic) bond motifs is 1. The first-order valence-electron chi connectivity index (χ1n) is 5.63. The molecule has 2 aliphatic rings. The average molecular weight is 249 g/mol. The van der Waals surface area contributed by atoms with Gasteiger partial charge < -0.3 is 10.6 Å². The molecule has 2 rings (SSSR count). The van der Waals surface area contributed by atoms with Gasteiger partial charge in [-0.2, -0.15) is 5.26 Å². The van der Waals surface area contributed by atoms with Crippen LogP contribution in [0.4, 0.5) is 0 Å². The van der Waals surface area contributed by atoms with Gasteiger partial charge >= 0.3 is 0 Å². The van der Waals surface area contributed by atoms with E-state index in [-0.39, 0.29) is 11.4 Å². The quantitative estimate of drug-likeness (QED) is 0.765. The molecule has 0 aromatic heterocycles. The first kappa shape index (κ1) is 12.2. The Morgan fingerprint density at radius 1 is 1.76 bits per heavy atom. The smallest absolute Gasteiger partial charge is 0.278 e. The van der Waals surface area contributed by atoms with Crippen molar-refractivity contribution in [3.05, 3.63) is 23.5 Å². The number of rotatable bonds is 3. The summed E-state index contributed by atoms with van der Waals surface area (Å²) in [5, 5.41) is 8.90. The van der Waals surface area contributed by atoms with E-state index in [1.54, 1.807) is 17.8 Å². The van der Waals surface area contributed by atoms with Crippen LogP contribution in [-0.4, -0.2) is 27.9 Å². The Balaban J connectivity index is 2.38. The van der Waals surface area contributed by atoms with E-state index in [0.29, 0.717) is 5.70 Å². The molecule has 1 saturated heterocycles. The summed E-state index contributed by atoms with van der Waals surface area (Å²) in [5.74, 6) is 0.324. The van der Waals surface area contributed by atoms with Crippen LogP contribution in [0.5, 0.6) is 0 Å². The molecule has 90 valence electrons.